The highest BCUT2D eigenvalue weighted by atomic mass is 79.9. The summed E-state index contributed by atoms with van der Waals surface area (Å²) in [5, 5.41) is 10.4. The molecule has 0 saturated carbocycles. The van der Waals surface area contributed by atoms with Gasteiger partial charge in [-0.3, -0.25) is 10.2 Å². The number of carbonyl (C=O) groups is 1. The number of nitrogens with one attached hydrogen (secondary N) is 1. The molecule has 0 saturated heterocycles. The lowest BCUT2D eigenvalue weighted by molar-refractivity contribution is 0.0975. The summed E-state index contributed by atoms with van der Waals surface area (Å²) < 4.78 is 3.81. The first kappa shape index (κ1) is 17.7. The molecule has 0 aliphatic carbocycles. The number of para-hydroxylation sites is 2. The van der Waals surface area contributed by atoms with E-state index in [2.05, 4.69) is 6.92 Å². The lowest BCUT2D eigenvalue weighted by atomic mass is 10.3. The van der Waals surface area contributed by atoms with Crippen LogP contribution in [0.25, 0.3) is 11.0 Å². The lowest BCUT2D eigenvalue weighted by Gasteiger charge is -2.03. The van der Waals surface area contributed by atoms with Crippen LogP contribution in [-0.4, -0.2) is 14.9 Å². The van der Waals surface area contributed by atoms with Crippen molar-refractivity contribution in [3.8, 4) is 0 Å². The van der Waals surface area contributed by atoms with E-state index < -0.39 is 0 Å². The van der Waals surface area contributed by atoms with E-state index in [9.17, 15) is 4.79 Å². The van der Waals surface area contributed by atoms with Crippen molar-refractivity contribution < 1.29 is 4.79 Å². The maximum absolute atomic E-state index is 12.4. The molecule has 0 unspecified atom stereocenters. The molecule has 0 bridgehead atoms. The minimum absolute atomic E-state index is 0. The number of unbranched alkanes of at least 4 members (excludes halogenated alkanes) is 1. The van der Waals surface area contributed by atoms with Gasteiger partial charge < -0.3 is 9.13 Å². The van der Waals surface area contributed by atoms with Crippen molar-refractivity contribution in [3.05, 3.63) is 52.3 Å². The van der Waals surface area contributed by atoms with Crippen molar-refractivity contribution in [2.24, 2.45) is 0 Å². The molecule has 0 fully saturated rings. The van der Waals surface area contributed by atoms with E-state index in [1.807, 2.05) is 50.9 Å². The molecule has 3 aromatic rings. The monoisotopic (exact) mass is 393 g/mol. The Balaban J connectivity index is 0.00000192. The van der Waals surface area contributed by atoms with Gasteiger partial charge in [-0.25, -0.2) is 0 Å². The first-order chi connectivity index (χ1) is 10.7. The summed E-state index contributed by atoms with van der Waals surface area (Å²) in [6, 6.07) is 11.7. The Labute approximate surface area is 149 Å². The standard InChI is InChI=1S/C17H19N3OS.BrH/c1-2-3-10-19-13-7-4-5-8-14(13)20(17(19)18)12-15(21)16-9-6-11-22-16;/h4-9,11,18H,2-3,10,12H2,1H3;1H. The number of nitrogens with zero attached hydrogens (tertiary/aromatic N) is 2. The second-order valence-electron chi connectivity index (χ2n) is 5.30. The molecule has 23 heavy (non-hydrogen) atoms. The fourth-order valence-electron chi connectivity index (χ4n) is 2.66. The van der Waals surface area contributed by atoms with Crippen LogP contribution in [0.1, 0.15) is 29.4 Å². The van der Waals surface area contributed by atoms with E-state index in [4.69, 9.17) is 5.41 Å². The maximum atomic E-state index is 12.4. The van der Waals surface area contributed by atoms with Gasteiger partial charge in [0.25, 0.3) is 0 Å². The molecule has 6 heteroatoms. The van der Waals surface area contributed by atoms with E-state index in [1.165, 1.54) is 11.3 Å². The molecular formula is C17H20BrN3OS. The number of imidazole rings is 1. The largest absolute Gasteiger partial charge is 0.310 e. The molecule has 0 atom stereocenters. The third-order valence-corrected chi connectivity index (χ3v) is 4.72. The SMILES string of the molecule is Br.CCCCn1c(=N)n(CC(=O)c2cccs2)c2ccccc21. The van der Waals surface area contributed by atoms with Crippen LogP contribution in [0.5, 0.6) is 0 Å². The predicted molar refractivity (Wildman–Crippen MR) is 99.7 cm³/mol. The highest BCUT2D eigenvalue weighted by molar-refractivity contribution is 8.93. The van der Waals surface area contributed by atoms with Crippen molar-refractivity contribution in [2.75, 3.05) is 0 Å². The van der Waals surface area contributed by atoms with Crippen LogP contribution < -0.4 is 5.62 Å². The molecule has 0 aliphatic rings. The van der Waals surface area contributed by atoms with E-state index in [1.54, 1.807) is 0 Å². The zero-order chi connectivity index (χ0) is 15.5. The van der Waals surface area contributed by atoms with Crippen LogP contribution in [-0.2, 0) is 13.1 Å². The molecule has 0 amide bonds. The zero-order valence-electron chi connectivity index (χ0n) is 13.0. The number of aromatic nitrogens is 2. The minimum atomic E-state index is 0. The third kappa shape index (κ3) is 3.48. The summed E-state index contributed by atoms with van der Waals surface area (Å²) in [6.45, 7) is 3.18. The molecule has 122 valence electrons. The number of aryl methyl sites for hydroxylation is 1. The second kappa shape index (κ2) is 7.75. The van der Waals surface area contributed by atoms with Crippen molar-refractivity contribution in [2.45, 2.75) is 32.9 Å². The second-order valence-corrected chi connectivity index (χ2v) is 6.25. The first-order valence-corrected chi connectivity index (χ1v) is 8.39. The first-order valence-electron chi connectivity index (χ1n) is 7.51. The van der Waals surface area contributed by atoms with Crippen molar-refractivity contribution in [3.63, 3.8) is 0 Å². The normalized spacial score (nSPS) is 10.7. The van der Waals surface area contributed by atoms with Gasteiger partial charge >= 0.3 is 0 Å². The number of hydrogen-bond donors (Lipinski definition) is 1. The average Bonchev–Trinajstić information content (AvgIpc) is 3.14. The molecule has 3 rings (SSSR count). The molecule has 4 nitrogen and oxygen atoms in total. The lowest BCUT2D eigenvalue weighted by Crippen LogP contribution is -2.27. The van der Waals surface area contributed by atoms with Crippen LogP contribution in [0.15, 0.2) is 41.8 Å². The van der Waals surface area contributed by atoms with Gasteiger partial charge in [0.15, 0.2) is 5.78 Å². The molecule has 0 aliphatic heterocycles. The summed E-state index contributed by atoms with van der Waals surface area (Å²) in [5.41, 5.74) is 2.38. The highest BCUT2D eigenvalue weighted by Gasteiger charge is 2.14. The number of rotatable bonds is 6. The fraction of sp³-hybridized carbons (Fsp3) is 0.294. The molecule has 1 aromatic carbocycles. The van der Waals surface area contributed by atoms with Crippen LogP contribution in [0.3, 0.4) is 0 Å². The number of benzene rings is 1. The summed E-state index contributed by atoms with van der Waals surface area (Å²) >= 11 is 1.45. The topological polar surface area (TPSA) is 50.8 Å². The van der Waals surface area contributed by atoms with Crippen molar-refractivity contribution in [1.82, 2.24) is 9.13 Å². The van der Waals surface area contributed by atoms with Gasteiger partial charge in [-0.05, 0) is 30.0 Å². The van der Waals surface area contributed by atoms with Gasteiger partial charge in [-0.2, -0.15) is 0 Å². The van der Waals surface area contributed by atoms with E-state index in [0.29, 0.717) is 5.62 Å². The maximum Gasteiger partial charge on any atom is 0.203 e. The number of thiophene rings is 1. The molecule has 1 N–H and O–H groups in total. The molecule has 0 radical (unpaired) electrons. The number of fused-ring (bicyclic) bond motifs is 1. The number of carbonyl (C=O) groups excluding carboxylic acids is 1. The minimum Gasteiger partial charge on any atom is -0.310 e. The van der Waals surface area contributed by atoms with Crippen molar-refractivity contribution >= 4 is 45.1 Å². The van der Waals surface area contributed by atoms with Gasteiger partial charge in [-0.1, -0.05) is 31.5 Å². The number of halogens is 1. The number of hydrogen-bond acceptors (Lipinski definition) is 3. The van der Waals surface area contributed by atoms with Gasteiger partial charge in [-0.15, -0.1) is 28.3 Å². The van der Waals surface area contributed by atoms with Gasteiger partial charge in [0.05, 0.1) is 22.5 Å². The Bertz CT molecular complexity index is 848. The predicted octanol–water partition coefficient (Wildman–Crippen LogP) is 4.24. The number of Topliss-reactive ketones (excluding diaryl/α,β-unsaturated/α-hetero) is 1. The van der Waals surface area contributed by atoms with Gasteiger partial charge in [0, 0.05) is 6.54 Å². The Kier molecular flexibility index (Phi) is 5.96. The summed E-state index contributed by atoms with van der Waals surface area (Å²) in [5.74, 6) is 0.0619. The Morgan fingerprint density at radius 2 is 1.83 bits per heavy atom. The van der Waals surface area contributed by atoms with E-state index >= 15 is 0 Å². The smallest absolute Gasteiger partial charge is 0.203 e. The number of ketones is 1. The average molecular weight is 394 g/mol. The molecule has 0 spiro atoms. The Morgan fingerprint density at radius 3 is 2.43 bits per heavy atom. The molecule has 2 heterocycles. The molecule has 2 aromatic heterocycles. The Morgan fingerprint density at radius 1 is 1.13 bits per heavy atom. The highest BCUT2D eigenvalue weighted by Crippen LogP contribution is 2.16. The summed E-state index contributed by atoms with van der Waals surface area (Å²) in [6.07, 6.45) is 2.11. The van der Waals surface area contributed by atoms with Gasteiger partial charge in [0.1, 0.15) is 0 Å². The van der Waals surface area contributed by atoms with Crippen LogP contribution in [0.2, 0.25) is 0 Å². The van der Waals surface area contributed by atoms with Gasteiger partial charge in [0.2, 0.25) is 5.62 Å². The fourth-order valence-corrected chi connectivity index (χ4v) is 3.31. The summed E-state index contributed by atoms with van der Waals surface area (Å²) in [4.78, 5) is 13.1. The van der Waals surface area contributed by atoms with E-state index in [-0.39, 0.29) is 29.3 Å². The van der Waals surface area contributed by atoms with Crippen LogP contribution in [0.4, 0.5) is 0 Å². The zero-order valence-corrected chi connectivity index (χ0v) is 15.5. The third-order valence-electron chi connectivity index (χ3n) is 3.81. The van der Waals surface area contributed by atoms with Crippen molar-refractivity contribution in [1.29, 1.82) is 5.41 Å². The molecular weight excluding hydrogens is 374 g/mol. The van der Waals surface area contributed by atoms with Crippen LogP contribution in [0, 0.1) is 5.41 Å². The quantitative estimate of drug-likeness (QED) is 0.625. The Hall–Kier alpha value is -1.66. The van der Waals surface area contributed by atoms with E-state index in [0.717, 1.165) is 35.3 Å². The summed E-state index contributed by atoms with van der Waals surface area (Å²) in [7, 11) is 0. The van der Waals surface area contributed by atoms with Crippen LogP contribution >= 0.6 is 28.3 Å².